The predicted molar refractivity (Wildman–Crippen MR) is 114 cm³/mol. The van der Waals surface area contributed by atoms with Gasteiger partial charge in [0.1, 0.15) is 11.6 Å². The van der Waals surface area contributed by atoms with Crippen LogP contribution in [0.5, 0.6) is 11.5 Å². The second kappa shape index (κ2) is 10.1. The Kier molecular flexibility index (Phi) is 7.32. The third kappa shape index (κ3) is 5.52. The summed E-state index contributed by atoms with van der Waals surface area (Å²) in [5.74, 6) is 0.150. The maximum Gasteiger partial charge on any atom is 0.191 e. The van der Waals surface area contributed by atoms with Crippen LogP contribution in [0.25, 0.3) is 0 Å². The zero-order valence-electron chi connectivity index (χ0n) is 17.3. The van der Waals surface area contributed by atoms with Crippen LogP contribution in [0.1, 0.15) is 18.9 Å². The number of aliphatic imine (C=N–C) groups is 1. The van der Waals surface area contributed by atoms with Crippen molar-refractivity contribution in [3.8, 4) is 11.5 Å². The third-order valence-electron chi connectivity index (χ3n) is 5.04. The molecule has 6 nitrogen and oxygen atoms in total. The minimum Gasteiger partial charge on any atom is -0.504 e. The molecule has 0 spiro atoms. The maximum absolute atomic E-state index is 14.1. The first-order chi connectivity index (χ1) is 14.5. The molecule has 0 aromatic heterocycles. The topological polar surface area (TPSA) is 69.1 Å². The van der Waals surface area contributed by atoms with Crippen LogP contribution in [0.15, 0.2) is 41.4 Å². The number of aromatic hydroxyl groups is 1. The summed E-state index contributed by atoms with van der Waals surface area (Å²) in [5, 5.41) is 16.3. The van der Waals surface area contributed by atoms with Crippen LogP contribution in [0.2, 0.25) is 0 Å². The molecule has 162 valence electrons. The molecule has 0 aliphatic carbocycles. The molecule has 30 heavy (non-hydrogen) atoms. The molecule has 3 rings (SSSR count). The van der Waals surface area contributed by atoms with Gasteiger partial charge in [-0.3, -0.25) is 4.99 Å². The number of halogens is 2. The SMILES string of the molecule is CCNC(=NCCc1ccc(O)c(OC)c1)NC1CCN(c2ccc(F)cc2F)C1. The number of phenols is 1. The molecule has 3 N–H and O–H groups in total. The van der Waals surface area contributed by atoms with Crippen molar-refractivity contribution < 1.29 is 18.6 Å². The number of ether oxygens (including phenoxy) is 1. The second-order valence-electron chi connectivity index (χ2n) is 7.19. The van der Waals surface area contributed by atoms with Crippen molar-refractivity contribution in [2.24, 2.45) is 4.99 Å². The number of guanidine groups is 1. The summed E-state index contributed by atoms with van der Waals surface area (Å²) in [6.07, 6.45) is 1.53. The van der Waals surface area contributed by atoms with Gasteiger partial charge in [-0.15, -0.1) is 0 Å². The molecule has 1 atom stereocenters. The minimum atomic E-state index is -0.571. The first-order valence-corrected chi connectivity index (χ1v) is 10.1. The Morgan fingerprint density at radius 1 is 1.27 bits per heavy atom. The smallest absolute Gasteiger partial charge is 0.191 e. The van der Waals surface area contributed by atoms with Gasteiger partial charge >= 0.3 is 0 Å². The van der Waals surface area contributed by atoms with Crippen molar-refractivity contribution in [3.05, 3.63) is 53.6 Å². The lowest BCUT2D eigenvalue weighted by atomic mass is 10.1. The summed E-state index contributed by atoms with van der Waals surface area (Å²) in [6, 6.07) is 9.06. The number of anilines is 1. The largest absolute Gasteiger partial charge is 0.504 e. The molecule has 8 heteroatoms. The monoisotopic (exact) mass is 418 g/mol. The fraction of sp³-hybridized carbons (Fsp3) is 0.409. The average molecular weight is 418 g/mol. The summed E-state index contributed by atoms with van der Waals surface area (Å²) < 4.78 is 32.4. The van der Waals surface area contributed by atoms with E-state index in [1.165, 1.54) is 19.2 Å². The summed E-state index contributed by atoms with van der Waals surface area (Å²) in [4.78, 5) is 6.54. The molecule has 0 saturated carbocycles. The lowest BCUT2D eigenvalue weighted by Gasteiger charge is -2.21. The van der Waals surface area contributed by atoms with Crippen molar-refractivity contribution in [1.82, 2.24) is 10.6 Å². The van der Waals surface area contributed by atoms with E-state index >= 15 is 0 Å². The van der Waals surface area contributed by atoms with E-state index in [1.54, 1.807) is 12.1 Å². The molecule has 2 aromatic rings. The molecule has 0 bridgehead atoms. The highest BCUT2D eigenvalue weighted by Gasteiger charge is 2.25. The number of benzene rings is 2. The van der Waals surface area contributed by atoms with Crippen LogP contribution in [-0.2, 0) is 6.42 Å². The van der Waals surface area contributed by atoms with E-state index in [0.29, 0.717) is 43.5 Å². The van der Waals surface area contributed by atoms with Gasteiger partial charge in [0.2, 0.25) is 0 Å². The van der Waals surface area contributed by atoms with Gasteiger partial charge < -0.3 is 25.4 Å². The van der Waals surface area contributed by atoms with Gasteiger partial charge in [0.05, 0.1) is 12.8 Å². The summed E-state index contributed by atoms with van der Waals surface area (Å²) >= 11 is 0. The average Bonchev–Trinajstić information content (AvgIpc) is 3.17. The number of hydrogen-bond acceptors (Lipinski definition) is 4. The van der Waals surface area contributed by atoms with Crippen LogP contribution in [0, 0.1) is 11.6 Å². The van der Waals surface area contributed by atoms with Crippen molar-refractivity contribution in [2.75, 3.05) is 38.2 Å². The van der Waals surface area contributed by atoms with Gasteiger partial charge in [-0.2, -0.15) is 0 Å². The normalized spacial score (nSPS) is 16.6. The lowest BCUT2D eigenvalue weighted by molar-refractivity contribution is 0.373. The van der Waals surface area contributed by atoms with E-state index in [0.717, 1.165) is 24.6 Å². The first kappa shape index (κ1) is 21.7. The van der Waals surface area contributed by atoms with Crippen LogP contribution in [0.4, 0.5) is 14.5 Å². The van der Waals surface area contributed by atoms with Crippen LogP contribution in [0.3, 0.4) is 0 Å². The van der Waals surface area contributed by atoms with E-state index in [1.807, 2.05) is 17.9 Å². The molecule has 1 unspecified atom stereocenters. The molecule has 1 saturated heterocycles. The van der Waals surface area contributed by atoms with Gasteiger partial charge in [-0.25, -0.2) is 8.78 Å². The summed E-state index contributed by atoms with van der Waals surface area (Å²) in [7, 11) is 1.52. The van der Waals surface area contributed by atoms with E-state index in [9.17, 15) is 13.9 Å². The Bertz CT molecular complexity index is 891. The Labute approximate surface area is 175 Å². The highest BCUT2D eigenvalue weighted by molar-refractivity contribution is 5.80. The lowest BCUT2D eigenvalue weighted by Crippen LogP contribution is -2.44. The van der Waals surface area contributed by atoms with Crippen molar-refractivity contribution in [2.45, 2.75) is 25.8 Å². The molecule has 1 aliphatic rings. The Morgan fingerprint density at radius 3 is 2.83 bits per heavy atom. The molecule has 2 aromatic carbocycles. The van der Waals surface area contributed by atoms with E-state index < -0.39 is 11.6 Å². The summed E-state index contributed by atoms with van der Waals surface area (Å²) in [6.45, 7) is 4.58. The first-order valence-electron chi connectivity index (χ1n) is 10.1. The Hall–Kier alpha value is -3.03. The van der Waals surface area contributed by atoms with Gasteiger partial charge in [0, 0.05) is 38.3 Å². The quantitative estimate of drug-likeness (QED) is 0.476. The molecular formula is C22H28F2N4O2. The van der Waals surface area contributed by atoms with Crippen molar-refractivity contribution in [1.29, 1.82) is 0 Å². The van der Waals surface area contributed by atoms with E-state index in [-0.39, 0.29) is 11.8 Å². The molecule has 0 radical (unpaired) electrons. The van der Waals surface area contributed by atoms with E-state index in [4.69, 9.17) is 4.74 Å². The van der Waals surface area contributed by atoms with Gasteiger partial charge in [0.15, 0.2) is 17.5 Å². The van der Waals surface area contributed by atoms with E-state index in [2.05, 4.69) is 15.6 Å². The number of nitrogens with zero attached hydrogens (tertiary/aromatic N) is 2. The molecule has 0 amide bonds. The zero-order valence-corrected chi connectivity index (χ0v) is 17.3. The standard InChI is InChI=1S/C22H28F2N4O2/c1-3-25-22(26-10-8-15-4-7-20(29)21(12-15)30-2)27-17-9-11-28(14-17)19-6-5-16(23)13-18(19)24/h4-7,12-13,17,29H,3,8-11,14H2,1-2H3,(H2,25,26,27). The van der Waals surface area contributed by atoms with Gasteiger partial charge in [-0.1, -0.05) is 6.07 Å². The van der Waals surface area contributed by atoms with Crippen molar-refractivity contribution >= 4 is 11.6 Å². The number of hydrogen-bond donors (Lipinski definition) is 3. The predicted octanol–water partition coefficient (Wildman–Crippen LogP) is 3.06. The Morgan fingerprint density at radius 2 is 2.10 bits per heavy atom. The fourth-order valence-corrected chi connectivity index (χ4v) is 3.52. The molecule has 1 fully saturated rings. The molecule has 1 heterocycles. The zero-order chi connectivity index (χ0) is 21.5. The number of phenolic OH excluding ortho intramolecular Hbond substituents is 1. The highest BCUT2D eigenvalue weighted by atomic mass is 19.1. The van der Waals surface area contributed by atoms with Gasteiger partial charge in [-0.05, 0) is 49.6 Å². The van der Waals surface area contributed by atoms with Crippen LogP contribution >= 0.6 is 0 Å². The second-order valence-corrected chi connectivity index (χ2v) is 7.19. The van der Waals surface area contributed by atoms with Crippen molar-refractivity contribution in [3.63, 3.8) is 0 Å². The fourth-order valence-electron chi connectivity index (χ4n) is 3.52. The summed E-state index contributed by atoms with van der Waals surface area (Å²) in [5.41, 5.74) is 1.44. The Balaban J connectivity index is 1.57. The molecular weight excluding hydrogens is 390 g/mol. The van der Waals surface area contributed by atoms with Crippen LogP contribution < -0.4 is 20.3 Å². The minimum absolute atomic E-state index is 0.112. The maximum atomic E-state index is 14.1. The highest BCUT2D eigenvalue weighted by Crippen LogP contribution is 2.26. The van der Waals surface area contributed by atoms with Crippen LogP contribution in [-0.4, -0.2) is 50.4 Å². The third-order valence-corrected chi connectivity index (χ3v) is 5.04. The number of methoxy groups -OCH3 is 1. The molecule has 1 aliphatic heterocycles. The van der Waals surface area contributed by atoms with Gasteiger partial charge in [0.25, 0.3) is 0 Å². The number of nitrogens with one attached hydrogen (secondary N) is 2. The number of rotatable bonds is 7.